The minimum absolute atomic E-state index is 0.0758. The van der Waals surface area contributed by atoms with Crippen LogP contribution in [0.5, 0.6) is 0 Å². The van der Waals surface area contributed by atoms with E-state index in [1.807, 2.05) is 26.0 Å². The predicted molar refractivity (Wildman–Crippen MR) is 71.7 cm³/mol. The summed E-state index contributed by atoms with van der Waals surface area (Å²) in [7, 11) is 0. The quantitative estimate of drug-likeness (QED) is 0.789. The zero-order chi connectivity index (χ0) is 12.8. The largest absolute Gasteiger partial charge is 0.312 e. The molecule has 0 aliphatic carbocycles. The fourth-order valence-corrected chi connectivity index (χ4v) is 2.20. The van der Waals surface area contributed by atoms with Gasteiger partial charge in [0.15, 0.2) is 0 Å². The number of aryl methyl sites for hydroxylation is 2. The Bertz CT molecular complexity index is 337. The second kappa shape index (κ2) is 6.75. The maximum Gasteiger partial charge on any atom is 0.129 e. The van der Waals surface area contributed by atoms with E-state index >= 15 is 0 Å². The summed E-state index contributed by atoms with van der Waals surface area (Å²) in [6.45, 7) is 9.98. The van der Waals surface area contributed by atoms with Crippen LogP contribution in [0.15, 0.2) is 12.1 Å². The topological polar surface area (TPSA) is 12.0 Å². The molecule has 0 aromatic heterocycles. The highest BCUT2D eigenvalue weighted by molar-refractivity contribution is 5.30. The normalized spacial score (nSPS) is 12.8. The van der Waals surface area contributed by atoms with E-state index in [4.69, 9.17) is 0 Å². The van der Waals surface area contributed by atoms with Crippen molar-refractivity contribution in [3.05, 3.63) is 34.6 Å². The lowest BCUT2D eigenvalue weighted by molar-refractivity contribution is 0.475. The molecule has 0 saturated heterocycles. The van der Waals surface area contributed by atoms with Gasteiger partial charge < -0.3 is 5.32 Å². The summed E-state index contributed by atoms with van der Waals surface area (Å²) < 4.78 is 13.4. The highest BCUT2D eigenvalue weighted by Gasteiger charge is 2.05. The van der Waals surface area contributed by atoms with Crippen molar-refractivity contribution in [2.24, 2.45) is 5.92 Å². The summed E-state index contributed by atoms with van der Waals surface area (Å²) in [5, 5.41) is 3.44. The van der Waals surface area contributed by atoms with E-state index in [1.54, 1.807) is 0 Å². The number of rotatable bonds is 6. The van der Waals surface area contributed by atoms with Crippen LogP contribution in [0.3, 0.4) is 0 Å². The first-order valence-electron chi connectivity index (χ1n) is 6.51. The van der Waals surface area contributed by atoms with Crippen molar-refractivity contribution in [3.63, 3.8) is 0 Å². The van der Waals surface area contributed by atoms with Crippen molar-refractivity contribution < 1.29 is 4.39 Å². The summed E-state index contributed by atoms with van der Waals surface area (Å²) in [6, 6.07) is 3.86. The molecule has 17 heavy (non-hydrogen) atoms. The molecule has 0 saturated carbocycles. The van der Waals surface area contributed by atoms with Crippen LogP contribution < -0.4 is 5.32 Å². The van der Waals surface area contributed by atoms with Crippen molar-refractivity contribution in [2.45, 2.75) is 47.1 Å². The van der Waals surface area contributed by atoms with Crippen LogP contribution in [0.1, 0.15) is 43.4 Å². The summed E-state index contributed by atoms with van der Waals surface area (Å²) in [4.78, 5) is 0. The van der Waals surface area contributed by atoms with Gasteiger partial charge in [-0.25, -0.2) is 4.39 Å². The third kappa shape index (κ3) is 4.47. The first-order valence-corrected chi connectivity index (χ1v) is 6.51. The van der Waals surface area contributed by atoms with Crippen LogP contribution in [0.2, 0.25) is 0 Å². The Morgan fingerprint density at radius 2 is 1.82 bits per heavy atom. The van der Waals surface area contributed by atoms with Gasteiger partial charge in [0.25, 0.3) is 0 Å². The molecule has 96 valence electrons. The van der Waals surface area contributed by atoms with E-state index in [-0.39, 0.29) is 5.82 Å². The van der Waals surface area contributed by atoms with Crippen LogP contribution in [-0.2, 0) is 6.54 Å². The molecule has 0 aliphatic heterocycles. The molecule has 0 spiro atoms. The van der Waals surface area contributed by atoms with Crippen molar-refractivity contribution in [3.8, 4) is 0 Å². The number of benzene rings is 1. The molecule has 1 rings (SSSR count). The Balaban J connectivity index is 2.47. The number of hydrogen-bond donors (Lipinski definition) is 1. The van der Waals surface area contributed by atoms with E-state index in [9.17, 15) is 4.39 Å². The van der Waals surface area contributed by atoms with Crippen molar-refractivity contribution >= 4 is 0 Å². The minimum Gasteiger partial charge on any atom is -0.312 e. The second-order valence-corrected chi connectivity index (χ2v) is 5.07. The molecule has 2 heteroatoms. The second-order valence-electron chi connectivity index (χ2n) is 5.07. The molecular weight excluding hydrogens is 213 g/mol. The first kappa shape index (κ1) is 14.2. The van der Waals surface area contributed by atoms with E-state index in [1.165, 1.54) is 18.4 Å². The van der Waals surface area contributed by atoms with Crippen LogP contribution >= 0.6 is 0 Å². The molecule has 0 amide bonds. The van der Waals surface area contributed by atoms with Gasteiger partial charge in [0.2, 0.25) is 0 Å². The molecular formula is C15H24FN. The Morgan fingerprint density at radius 1 is 1.24 bits per heavy atom. The van der Waals surface area contributed by atoms with Gasteiger partial charge in [0.1, 0.15) is 5.82 Å². The number of hydrogen-bond acceptors (Lipinski definition) is 1. The van der Waals surface area contributed by atoms with Gasteiger partial charge in [-0.05, 0) is 49.4 Å². The summed E-state index contributed by atoms with van der Waals surface area (Å²) >= 11 is 0. The molecule has 1 atom stereocenters. The molecule has 0 radical (unpaired) electrons. The zero-order valence-electron chi connectivity index (χ0n) is 11.4. The summed E-state index contributed by atoms with van der Waals surface area (Å²) in [6.07, 6.45) is 2.49. The predicted octanol–water partition coefficient (Wildman–Crippen LogP) is 3.97. The standard InChI is InChI=1S/C15H24FN/c1-5-6-11(2)9-17-10-14-7-12(3)15(16)13(4)8-14/h7-8,11,17H,5-6,9-10H2,1-4H3. The third-order valence-corrected chi connectivity index (χ3v) is 3.10. The van der Waals surface area contributed by atoms with Crippen LogP contribution in [0.25, 0.3) is 0 Å². The first-order chi connectivity index (χ1) is 8.04. The van der Waals surface area contributed by atoms with Gasteiger partial charge in [0.05, 0.1) is 0 Å². The molecule has 1 N–H and O–H groups in total. The maximum absolute atomic E-state index is 13.4. The average Bonchev–Trinajstić information content (AvgIpc) is 2.26. The van der Waals surface area contributed by atoms with Gasteiger partial charge in [0, 0.05) is 6.54 Å². The molecule has 1 aromatic rings. The van der Waals surface area contributed by atoms with Crippen LogP contribution in [0.4, 0.5) is 4.39 Å². The van der Waals surface area contributed by atoms with Crippen LogP contribution in [-0.4, -0.2) is 6.54 Å². The van der Waals surface area contributed by atoms with Crippen molar-refractivity contribution in [1.82, 2.24) is 5.32 Å². The van der Waals surface area contributed by atoms with Gasteiger partial charge in [-0.3, -0.25) is 0 Å². The van der Waals surface area contributed by atoms with Gasteiger partial charge >= 0.3 is 0 Å². The maximum atomic E-state index is 13.4. The number of halogens is 1. The minimum atomic E-state index is -0.0758. The van der Waals surface area contributed by atoms with Gasteiger partial charge in [-0.15, -0.1) is 0 Å². The summed E-state index contributed by atoms with van der Waals surface area (Å²) in [5.74, 6) is 0.635. The molecule has 1 nitrogen and oxygen atoms in total. The van der Waals surface area contributed by atoms with E-state index in [0.717, 1.165) is 24.2 Å². The SMILES string of the molecule is CCCC(C)CNCc1cc(C)c(F)c(C)c1. The molecule has 0 bridgehead atoms. The Labute approximate surface area is 104 Å². The van der Waals surface area contributed by atoms with E-state index in [0.29, 0.717) is 5.92 Å². The third-order valence-electron chi connectivity index (χ3n) is 3.10. The molecule has 1 aromatic carbocycles. The molecule has 1 unspecified atom stereocenters. The lowest BCUT2D eigenvalue weighted by Crippen LogP contribution is -2.20. The monoisotopic (exact) mass is 237 g/mol. The average molecular weight is 237 g/mol. The van der Waals surface area contributed by atoms with E-state index < -0.39 is 0 Å². The Hall–Kier alpha value is -0.890. The highest BCUT2D eigenvalue weighted by Crippen LogP contribution is 2.14. The molecule has 0 heterocycles. The van der Waals surface area contributed by atoms with E-state index in [2.05, 4.69) is 19.2 Å². The smallest absolute Gasteiger partial charge is 0.129 e. The Morgan fingerprint density at radius 3 is 2.35 bits per heavy atom. The highest BCUT2D eigenvalue weighted by atomic mass is 19.1. The molecule has 0 aliphatic rings. The lowest BCUT2D eigenvalue weighted by Gasteiger charge is -2.12. The van der Waals surface area contributed by atoms with Gasteiger partial charge in [-0.1, -0.05) is 32.4 Å². The zero-order valence-corrected chi connectivity index (χ0v) is 11.4. The summed E-state index contributed by atoms with van der Waals surface area (Å²) in [5.41, 5.74) is 2.65. The fourth-order valence-electron chi connectivity index (χ4n) is 2.20. The molecule has 0 fully saturated rings. The van der Waals surface area contributed by atoms with Crippen LogP contribution in [0, 0.1) is 25.6 Å². The Kier molecular flexibility index (Phi) is 5.63. The lowest BCUT2D eigenvalue weighted by atomic mass is 10.0. The number of nitrogens with one attached hydrogen (secondary N) is 1. The van der Waals surface area contributed by atoms with Gasteiger partial charge in [-0.2, -0.15) is 0 Å². The van der Waals surface area contributed by atoms with Crippen molar-refractivity contribution in [1.29, 1.82) is 0 Å². The van der Waals surface area contributed by atoms with Crippen molar-refractivity contribution in [2.75, 3.05) is 6.54 Å². The fraction of sp³-hybridized carbons (Fsp3) is 0.600.